The normalized spacial score (nSPS) is 38.8. The van der Waals surface area contributed by atoms with Gasteiger partial charge in [-0.3, -0.25) is 0 Å². The van der Waals surface area contributed by atoms with Gasteiger partial charge in [-0.2, -0.15) is 0 Å². The van der Waals surface area contributed by atoms with Gasteiger partial charge < -0.3 is 4.74 Å². The zero-order valence-corrected chi connectivity index (χ0v) is 14.4. The summed E-state index contributed by atoms with van der Waals surface area (Å²) >= 11 is 2.82. The first kappa shape index (κ1) is 13.4. The van der Waals surface area contributed by atoms with Crippen molar-refractivity contribution in [3.8, 4) is 5.75 Å². The molecule has 2 heteroatoms. The third kappa shape index (κ3) is 1.93. The van der Waals surface area contributed by atoms with Gasteiger partial charge in [0.05, 0.1) is 7.11 Å². The summed E-state index contributed by atoms with van der Waals surface area (Å²) in [5.41, 5.74) is 3.21. The van der Waals surface area contributed by atoms with E-state index < -0.39 is 0 Å². The van der Waals surface area contributed by atoms with E-state index in [2.05, 4.69) is 40.8 Å². The molecule has 1 aromatic carbocycles. The van der Waals surface area contributed by atoms with Gasteiger partial charge >= 0.3 is 0 Å². The van der Waals surface area contributed by atoms with Crippen molar-refractivity contribution >= 4 is 22.6 Å². The molecule has 4 atom stereocenters. The maximum Gasteiger partial charge on any atom is 0.119 e. The summed E-state index contributed by atoms with van der Waals surface area (Å²) in [4.78, 5) is 0. The minimum atomic E-state index is 0.642. The van der Waals surface area contributed by atoms with E-state index in [9.17, 15) is 0 Å². The highest BCUT2D eigenvalue weighted by molar-refractivity contribution is 14.1. The Balaban J connectivity index is 1.69. The lowest BCUT2D eigenvalue weighted by Gasteiger charge is -2.48. The molecule has 0 unspecified atom stereocenters. The van der Waals surface area contributed by atoms with Crippen LogP contribution >= 0.6 is 22.6 Å². The molecule has 0 aromatic heterocycles. The average Bonchev–Trinajstić information content (AvgIpc) is 2.88. The Morgan fingerprint density at radius 1 is 1.20 bits per heavy atom. The van der Waals surface area contributed by atoms with Gasteiger partial charge in [0.15, 0.2) is 0 Å². The summed E-state index contributed by atoms with van der Waals surface area (Å²) in [7, 11) is 1.77. The summed E-state index contributed by atoms with van der Waals surface area (Å²) in [6, 6.07) is 6.81. The average molecular weight is 382 g/mol. The van der Waals surface area contributed by atoms with E-state index in [1.165, 1.54) is 44.9 Å². The maximum atomic E-state index is 5.40. The lowest BCUT2D eigenvalue weighted by Crippen LogP contribution is -2.41. The van der Waals surface area contributed by atoms with Crippen molar-refractivity contribution in [2.45, 2.75) is 54.3 Å². The van der Waals surface area contributed by atoms with Gasteiger partial charge in [0.1, 0.15) is 5.75 Å². The summed E-state index contributed by atoms with van der Waals surface area (Å²) in [6.07, 6.45) is 9.92. The summed E-state index contributed by atoms with van der Waals surface area (Å²) < 4.78 is 6.04. The minimum Gasteiger partial charge on any atom is -0.497 e. The van der Waals surface area contributed by atoms with Crippen LogP contribution in [0.4, 0.5) is 0 Å². The number of aryl methyl sites for hydroxylation is 1. The molecule has 1 nitrogen and oxygen atoms in total. The van der Waals surface area contributed by atoms with E-state index in [1.807, 2.05) is 0 Å². The molecule has 0 saturated heterocycles. The molecule has 0 amide bonds. The fourth-order valence-electron chi connectivity index (χ4n) is 5.26. The predicted octanol–water partition coefficient (Wildman–Crippen LogP) is 5.11. The lowest BCUT2D eigenvalue weighted by atomic mass is 9.61. The Morgan fingerprint density at radius 2 is 2.10 bits per heavy atom. The van der Waals surface area contributed by atoms with E-state index >= 15 is 0 Å². The molecule has 3 aliphatic carbocycles. The number of hydrogen-bond donors (Lipinski definition) is 0. The zero-order valence-electron chi connectivity index (χ0n) is 12.2. The summed E-state index contributed by atoms with van der Waals surface area (Å²) in [5.74, 6) is 3.79. The second-order valence-corrected chi connectivity index (χ2v) is 9.09. The Morgan fingerprint density at radius 3 is 2.95 bits per heavy atom. The van der Waals surface area contributed by atoms with E-state index in [0.717, 1.165) is 23.5 Å². The number of methoxy groups -OCH3 is 1. The first-order valence-electron chi connectivity index (χ1n) is 8.07. The van der Waals surface area contributed by atoms with Crippen molar-refractivity contribution in [3.05, 3.63) is 29.3 Å². The SMILES string of the molecule is COc1ccc2c(c1)CC[C@@H]1[C@@H]2CC[C@]2(I)CCC[C@@H]12. The Labute approximate surface area is 135 Å². The van der Waals surface area contributed by atoms with E-state index in [1.54, 1.807) is 18.2 Å². The number of fused-ring (bicyclic) bond motifs is 5. The molecule has 0 bridgehead atoms. The monoisotopic (exact) mass is 382 g/mol. The summed E-state index contributed by atoms with van der Waals surface area (Å²) in [6.45, 7) is 0. The molecule has 4 rings (SSSR count). The van der Waals surface area contributed by atoms with Crippen LogP contribution in [0.25, 0.3) is 0 Å². The van der Waals surface area contributed by atoms with Crippen molar-refractivity contribution in [1.29, 1.82) is 0 Å². The van der Waals surface area contributed by atoms with Crippen molar-refractivity contribution < 1.29 is 4.74 Å². The van der Waals surface area contributed by atoms with Gasteiger partial charge in [0.2, 0.25) is 0 Å². The van der Waals surface area contributed by atoms with Gasteiger partial charge in [0, 0.05) is 3.42 Å². The molecular weight excluding hydrogens is 359 g/mol. The highest BCUT2D eigenvalue weighted by atomic mass is 127. The van der Waals surface area contributed by atoms with Crippen molar-refractivity contribution in [1.82, 2.24) is 0 Å². The van der Waals surface area contributed by atoms with Crippen LogP contribution in [0.2, 0.25) is 0 Å². The fourth-order valence-corrected chi connectivity index (χ4v) is 6.72. The topological polar surface area (TPSA) is 9.23 Å². The van der Waals surface area contributed by atoms with Crippen LogP contribution in [0.15, 0.2) is 18.2 Å². The molecule has 2 fully saturated rings. The number of halogens is 1. The van der Waals surface area contributed by atoms with Crippen LogP contribution in [-0.2, 0) is 6.42 Å². The van der Waals surface area contributed by atoms with Gasteiger partial charge in [-0.05, 0) is 79.5 Å². The van der Waals surface area contributed by atoms with Crippen LogP contribution in [0.3, 0.4) is 0 Å². The molecule has 0 heterocycles. The smallest absolute Gasteiger partial charge is 0.119 e. The molecule has 1 aromatic rings. The molecular formula is C18H23IO. The number of rotatable bonds is 1. The number of ether oxygens (including phenoxy) is 1. The second kappa shape index (κ2) is 4.89. The molecule has 2 saturated carbocycles. The fraction of sp³-hybridized carbons (Fsp3) is 0.667. The van der Waals surface area contributed by atoms with Gasteiger partial charge in [-0.25, -0.2) is 0 Å². The predicted molar refractivity (Wildman–Crippen MR) is 90.9 cm³/mol. The van der Waals surface area contributed by atoms with Crippen molar-refractivity contribution in [2.75, 3.05) is 7.11 Å². The minimum absolute atomic E-state index is 0.642. The van der Waals surface area contributed by atoms with Crippen LogP contribution in [-0.4, -0.2) is 10.5 Å². The molecule has 0 aliphatic heterocycles. The van der Waals surface area contributed by atoms with Crippen LogP contribution in [0.5, 0.6) is 5.75 Å². The summed E-state index contributed by atoms with van der Waals surface area (Å²) in [5, 5.41) is 0. The van der Waals surface area contributed by atoms with Gasteiger partial charge in [0.25, 0.3) is 0 Å². The Kier molecular flexibility index (Phi) is 3.28. The largest absolute Gasteiger partial charge is 0.497 e. The number of alkyl halides is 1. The van der Waals surface area contributed by atoms with Crippen molar-refractivity contribution in [2.24, 2.45) is 11.8 Å². The van der Waals surface area contributed by atoms with Crippen LogP contribution in [0.1, 0.15) is 55.6 Å². The molecule has 0 radical (unpaired) electrons. The Hall–Kier alpha value is -0.250. The molecule has 108 valence electrons. The first-order valence-corrected chi connectivity index (χ1v) is 9.15. The zero-order chi connectivity index (χ0) is 13.7. The number of hydrogen-bond acceptors (Lipinski definition) is 1. The molecule has 20 heavy (non-hydrogen) atoms. The molecule has 0 spiro atoms. The first-order chi connectivity index (χ1) is 9.71. The maximum absolute atomic E-state index is 5.40. The standard InChI is InChI=1S/C18H23IO/c1-20-13-5-7-14-12(11-13)4-6-16-15(14)8-10-18(19)9-2-3-17(16)18/h5,7,11,15-17H,2-4,6,8-10H2,1H3/t15-,16-,17+,18-/m1/s1. The molecule has 0 N–H and O–H groups in total. The highest BCUT2D eigenvalue weighted by Gasteiger charge is 2.51. The van der Waals surface area contributed by atoms with E-state index in [-0.39, 0.29) is 0 Å². The quantitative estimate of drug-likeness (QED) is 0.485. The highest BCUT2D eigenvalue weighted by Crippen LogP contribution is 2.60. The third-order valence-electron chi connectivity index (χ3n) is 6.17. The van der Waals surface area contributed by atoms with E-state index in [0.29, 0.717) is 3.42 Å². The van der Waals surface area contributed by atoms with E-state index in [4.69, 9.17) is 4.74 Å². The Bertz CT molecular complexity index is 526. The van der Waals surface area contributed by atoms with Crippen LogP contribution in [0, 0.1) is 11.8 Å². The van der Waals surface area contributed by atoms with Gasteiger partial charge in [-0.1, -0.05) is 35.1 Å². The van der Waals surface area contributed by atoms with Crippen LogP contribution < -0.4 is 4.74 Å². The molecule has 3 aliphatic rings. The second-order valence-electron chi connectivity index (χ2n) is 6.95. The lowest BCUT2D eigenvalue weighted by molar-refractivity contribution is 0.165. The van der Waals surface area contributed by atoms with Crippen molar-refractivity contribution in [3.63, 3.8) is 0 Å². The number of benzene rings is 1. The van der Waals surface area contributed by atoms with Gasteiger partial charge in [-0.15, -0.1) is 0 Å². The third-order valence-corrected chi connectivity index (χ3v) is 8.05.